The van der Waals surface area contributed by atoms with E-state index in [2.05, 4.69) is 17.0 Å². The van der Waals surface area contributed by atoms with Crippen molar-refractivity contribution in [1.82, 2.24) is 4.90 Å². The fourth-order valence-electron chi connectivity index (χ4n) is 3.21. The molecule has 2 aliphatic heterocycles. The second-order valence-electron chi connectivity index (χ2n) is 5.58. The van der Waals surface area contributed by atoms with Crippen LogP contribution < -0.4 is 4.74 Å². The zero-order valence-corrected chi connectivity index (χ0v) is 11.0. The summed E-state index contributed by atoms with van der Waals surface area (Å²) in [6.45, 7) is 5.25. The number of hydrogen-bond acceptors (Lipinski definition) is 3. The molecule has 2 saturated heterocycles. The maximum absolute atomic E-state index is 5.57. The third-order valence-electron chi connectivity index (χ3n) is 4.29. The summed E-state index contributed by atoms with van der Waals surface area (Å²) in [6.07, 6.45) is 2.51. The highest BCUT2D eigenvalue weighted by Gasteiger charge is 2.41. The molecule has 1 aromatic carbocycles. The van der Waals surface area contributed by atoms with E-state index < -0.39 is 0 Å². The summed E-state index contributed by atoms with van der Waals surface area (Å²) in [5, 5.41) is 0. The Balaban J connectivity index is 1.67. The predicted molar refractivity (Wildman–Crippen MR) is 70.8 cm³/mol. The van der Waals surface area contributed by atoms with Gasteiger partial charge < -0.3 is 9.47 Å². The van der Waals surface area contributed by atoms with Crippen molar-refractivity contribution in [3.05, 3.63) is 29.8 Å². The summed E-state index contributed by atoms with van der Waals surface area (Å²) in [5.74, 6) is 1.00. The summed E-state index contributed by atoms with van der Waals surface area (Å²) in [5.41, 5.74) is 1.73. The number of hydrogen-bond donors (Lipinski definition) is 0. The normalized spacial score (nSPS) is 28.1. The summed E-state index contributed by atoms with van der Waals surface area (Å²) in [6, 6.07) is 8.32. The smallest absolute Gasteiger partial charge is 0.123 e. The molecule has 1 atom stereocenters. The fourth-order valence-corrected chi connectivity index (χ4v) is 3.21. The minimum absolute atomic E-state index is 0.446. The van der Waals surface area contributed by atoms with Crippen molar-refractivity contribution in [3.63, 3.8) is 0 Å². The Bertz CT molecular complexity index is 413. The van der Waals surface area contributed by atoms with Crippen LogP contribution in [-0.4, -0.2) is 38.3 Å². The molecule has 2 heterocycles. The van der Waals surface area contributed by atoms with Crippen LogP contribution in [0.1, 0.15) is 18.4 Å². The van der Waals surface area contributed by atoms with Gasteiger partial charge in [0.25, 0.3) is 0 Å². The summed E-state index contributed by atoms with van der Waals surface area (Å²) in [4.78, 5) is 2.53. The first-order valence-corrected chi connectivity index (χ1v) is 6.73. The monoisotopic (exact) mass is 247 g/mol. The molecule has 1 aromatic rings. The van der Waals surface area contributed by atoms with E-state index in [0.717, 1.165) is 25.5 Å². The Morgan fingerprint density at radius 3 is 3.00 bits per heavy atom. The van der Waals surface area contributed by atoms with Crippen LogP contribution in [-0.2, 0) is 11.3 Å². The van der Waals surface area contributed by atoms with Crippen molar-refractivity contribution >= 4 is 0 Å². The first-order valence-electron chi connectivity index (χ1n) is 6.73. The number of ether oxygens (including phenoxy) is 2. The Labute approximate surface area is 109 Å². The molecule has 2 aliphatic rings. The fraction of sp³-hybridized carbons (Fsp3) is 0.600. The van der Waals surface area contributed by atoms with E-state index >= 15 is 0 Å². The Kier molecular flexibility index (Phi) is 3.27. The average Bonchev–Trinajstić information content (AvgIpc) is 3.01. The number of methoxy groups -OCH3 is 1. The molecule has 0 N–H and O–H groups in total. The lowest BCUT2D eigenvalue weighted by Crippen LogP contribution is -2.27. The van der Waals surface area contributed by atoms with Gasteiger partial charge in [-0.2, -0.15) is 0 Å². The van der Waals surface area contributed by atoms with Crippen molar-refractivity contribution in [3.8, 4) is 5.75 Å². The summed E-state index contributed by atoms with van der Waals surface area (Å²) in [7, 11) is 1.75. The lowest BCUT2D eigenvalue weighted by molar-refractivity contribution is 0.151. The molecular weight excluding hydrogens is 226 g/mol. The second-order valence-corrected chi connectivity index (χ2v) is 5.58. The third-order valence-corrected chi connectivity index (χ3v) is 4.29. The van der Waals surface area contributed by atoms with E-state index in [0.29, 0.717) is 5.41 Å². The zero-order valence-electron chi connectivity index (χ0n) is 11.0. The van der Waals surface area contributed by atoms with E-state index in [4.69, 9.17) is 9.47 Å². The van der Waals surface area contributed by atoms with Gasteiger partial charge in [-0.25, -0.2) is 0 Å². The molecule has 0 saturated carbocycles. The molecular formula is C15H21NO2. The standard InChI is InChI=1S/C15H21NO2/c1-17-14-5-3-2-4-13(14)10-16-8-6-15(11-16)7-9-18-12-15/h2-5H,6-12H2,1H3/t15-/m0/s1. The molecule has 0 radical (unpaired) electrons. The number of likely N-dealkylation sites (tertiary alicyclic amines) is 1. The Morgan fingerprint density at radius 1 is 1.33 bits per heavy atom. The quantitative estimate of drug-likeness (QED) is 0.818. The zero-order chi connectivity index (χ0) is 12.4. The van der Waals surface area contributed by atoms with Gasteiger partial charge in [0, 0.05) is 30.7 Å². The van der Waals surface area contributed by atoms with Crippen LogP contribution in [0.25, 0.3) is 0 Å². The van der Waals surface area contributed by atoms with Gasteiger partial charge in [-0.3, -0.25) is 4.90 Å². The minimum atomic E-state index is 0.446. The highest BCUT2D eigenvalue weighted by Crippen LogP contribution is 2.39. The van der Waals surface area contributed by atoms with Crippen LogP contribution in [0, 0.1) is 5.41 Å². The van der Waals surface area contributed by atoms with E-state index in [1.807, 2.05) is 12.1 Å². The Hall–Kier alpha value is -1.06. The molecule has 98 valence electrons. The second kappa shape index (κ2) is 4.90. The van der Waals surface area contributed by atoms with Crippen LogP contribution in [0.2, 0.25) is 0 Å². The number of para-hydroxylation sites is 1. The summed E-state index contributed by atoms with van der Waals surface area (Å²) >= 11 is 0. The number of nitrogens with zero attached hydrogens (tertiary/aromatic N) is 1. The minimum Gasteiger partial charge on any atom is -0.496 e. The van der Waals surface area contributed by atoms with Crippen molar-refractivity contribution < 1.29 is 9.47 Å². The van der Waals surface area contributed by atoms with Crippen molar-refractivity contribution in [2.75, 3.05) is 33.4 Å². The third kappa shape index (κ3) is 2.25. The van der Waals surface area contributed by atoms with Gasteiger partial charge in [0.15, 0.2) is 0 Å². The highest BCUT2D eigenvalue weighted by atomic mass is 16.5. The van der Waals surface area contributed by atoms with Gasteiger partial charge in [-0.1, -0.05) is 18.2 Å². The van der Waals surface area contributed by atoms with Crippen molar-refractivity contribution in [1.29, 1.82) is 0 Å². The molecule has 3 heteroatoms. The van der Waals surface area contributed by atoms with E-state index in [1.165, 1.54) is 31.5 Å². The number of rotatable bonds is 3. The van der Waals surface area contributed by atoms with Gasteiger partial charge in [0.2, 0.25) is 0 Å². The largest absolute Gasteiger partial charge is 0.496 e. The van der Waals surface area contributed by atoms with Crippen molar-refractivity contribution in [2.45, 2.75) is 19.4 Å². The number of benzene rings is 1. The van der Waals surface area contributed by atoms with Crippen LogP contribution in [0.15, 0.2) is 24.3 Å². The lowest BCUT2D eigenvalue weighted by Gasteiger charge is -2.22. The first kappa shape index (κ1) is 12.0. The molecule has 0 amide bonds. The predicted octanol–water partition coefficient (Wildman–Crippen LogP) is 2.31. The molecule has 3 nitrogen and oxygen atoms in total. The van der Waals surface area contributed by atoms with Gasteiger partial charge in [-0.15, -0.1) is 0 Å². The molecule has 1 spiro atoms. The molecule has 0 aliphatic carbocycles. The van der Waals surface area contributed by atoms with Gasteiger partial charge >= 0.3 is 0 Å². The topological polar surface area (TPSA) is 21.7 Å². The van der Waals surface area contributed by atoms with Crippen LogP contribution in [0.4, 0.5) is 0 Å². The lowest BCUT2D eigenvalue weighted by atomic mass is 9.87. The van der Waals surface area contributed by atoms with E-state index in [-0.39, 0.29) is 0 Å². The molecule has 18 heavy (non-hydrogen) atoms. The SMILES string of the molecule is COc1ccccc1CN1CC[C@]2(CCOC2)C1. The van der Waals surface area contributed by atoms with Crippen LogP contribution in [0.5, 0.6) is 5.75 Å². The average molecular weight is 247 g/mol. The van der Waals surface area contributed by atoms with Gasteiger partial charge in [0.1, 0.15) is 5.75 Å². The molecule has 3 rings (SSSR count). The maximum atomic E-state index is 5.57. The molecule has 0 unspecified atom stereocenters. The van der Waals surface area contributed by atoms with E-state index in [1.54, 1.807) is 7.11 Å². The summed E-state index contributed by atoms with van der Waals surface area (Å²) < 4.78 is 11.0. The van der Waals surface area contributed by atoms with E-state index in [9.17, 15) is 0 Å². The first-order chi connectivity index (χ1) is 8.81. The van der Waals surface area contributed by atoms with Crippen molar-refractivity contribution in [2.24, 2.45) is 5.41 Å². The maximum Gasteiger partial charge on any atom is 0.123 e. The molecule has 2 fully saturated rings. The Morgan fingerprint density at radius 2 is 2.22 bits per heavy atom. The van der Waals surface area contributed by atoms with Crippen LogP contribution in [0.3, 0.4) is 0 Å². The highest BCUT2D eigenvalue weighted by molar-refractivity contribution is 5.33. The molecule has 0 aromatic heterocycles. The van der Waals surface area contributed by atoms with Gasteiger partial charge in [-0.05, 0) is 25.5 Å². The molecule has 0 bridgehead atoms. The van der Waals surface area contributed by atoms with Crippen LogP contribution >= 0.6 is 0 Å². The van der Waals surface area contributed by atoms with Gasteiger partial charge in [0.05, 0.1) is 13.7 Å².